The third kappa shape index (κ3) is 7.69. The summed E-state index contributed by atoms with van der Waals surface area (Å²) in [6, 6.07) is 42.5. The van der Waals surface area contributed by atoms with Gasteiger partial charge < -0.3 is 0 Å². The summed E-state index contributed by atoms with van der Waals surface area (Å²) in [4.78, 5) is 24.3. The topological polar surface area (TPSA) is 52.6 Å². The maximum absolute atomic E-state index is 12.1. The van der Waals surface area contributed by atoms with Crippen LogP contribution >= 0.6 is 0 Å². The van der Waals surface area contributed by atoms with E-state index in [-0.39, 0.29) is 68.1 Å². The predicted octanol–water partition coefficient (Wildman–Crippen LogP) is 2.93. The molecule has 0 spiro atoms. The first kappa shape index (κ1) is 32.8. The van der Waals surface area contributed by atoms with Gasteiger partial charge in [0.25, 0.3) is 0 Å². The normalized spacial score (nSPS) is 11.1. The monoisotopic (exact) mass is 870 g/mol. The zero-order valence-corrected chi connectivity index (χ0v) is 32.1. The predicted molar refractivity (Wildman–Crippen MR) is 194 cm³/mol. The SMILES string of the molecule is CCOC(=O)c1ccc([Se]c2cccc3cccc([Se][Se]c4cccc5cccc([Se]c6ccc(C(=O)OCC)cc6)c45)c23)cc1. The molecule has 46 heavy (non-hydrogen) atoms. The number of hydrogen-bond acceptors (Lipinski definition) is 4. The van der Waals surface area contributed by atoms with Crippen LogP contribution < -0.4 is 26.8 Å². The molecule has 0 radical (unpaired) electrons. The quantitative estimate of drug-likeness (QED) is 0.149. The van der Waals surface area contributed by atoms with E-state index in [0.717, 1.165) is 0 Å². The standard InChI is InChI=1S/C38H30O4Se4/c1-3-41-37(39)27-17-21-29(22-18-27)43-31-13-5-9-25-11-7-15-33(35(25)31)45-46-34-16-8-12-26-10-6-14-32(36(26)34)44-30-23-19-28(20-24-30)38(40)42-4-2/h5-24H,3-4H2,1-2H3. The summed E-state index contributed by atoms with van der Waals surface area (Å²) in [5.74, 6) is -0.549. The fourth-order valence-corrected chi connectivity index (χ4v) is 17.0. The minimum absolute atomic E-state index is 0.101. The van der Waals surface area contributed by atoms with Crippen molar-refractivity contribution in [3.63, 3.8) is 0 Å². The van der Waals surface area contributed by atoms with E-state index in [9.17, 15) is 9.59 Å². The molecule has 230 valence electrons. The van der Waals surface area contributed by atoms with Crippen molar-refractivity contribution in [2.24, 2.45) is 0 Å². The van der Waals surface area contributed by atoms with Gasteiger partial charge in [-0.25, -0.2) is 0 Å². The number of ether oxygens (including phenoxy) is 2. The Morgan fingerprint density at radius 1 is 0.478 bits per heavy atom. The molecule has 0 fully saturated rings. The van der Waals surface area contributed by atoms with Crippen molar-refractivity contribution in [2.75, 3.05) is 13.2 Å². The Balaban J connectivity index is 1.26. The van der Waals surface area contributed by atoms with E-state index in [4.69, 9.17) is 9.47 Å². The Morgan fingerprint density at radius 2 is 0.826 bits per heavy atom. The van der Waals surface area contributed by atoms with Crippen LogP contribution in [0.2, 0.25) is 0 Å². The van der Waals surface area contributed by atoms with Crippen molar-refractivity contribution in [1.29, 1.82) is 0 Å². The Bertz CT molecular complexity index is 1850. The second kappa shape index (κ2) is 15.6. The van der Waals surface area contributed by atoms with Crippen molar-refractivity contribution >= 4 is 116 Å². The van der Waals surface area contributed by atoms with Gasteiger partial charge in [-0.2, -0.15) is 0 Å². The number of carbonyl (C=O) groups is 2. The molecule has 0 unspecified atom stereocenters. The van der Waals surface area contributed by atoms with Gasteiger partial charge in [-0.15, -0.1) is 0 Å². The van der Waals surface area contributed by atoms with Crippen LogP contribution in [0.15, 0.2) is 121 Å². The maximum atomic E-state index is 12.1. The van der Waals surface area contributed by atoms with Crippen molar-refractivity contribution in [1.82, 2.24) is 0 Å². The first-order valence-electron chi connectivity index (χ1n) is 14.8. The van der Waals surface area contributed by atoms with Gasteiger partial charge in [-0.3, -0.25) is 0 Å². The molecule has 6 aromatic carbocycles. The van der Waals surface area contributed by atoms with Crippen molar-refractivity contribution in [3.05, 3.63) is 132 Å². The Hall–Kier alpha value is -3.14. The summed E-state index contributed by atoms with van der Waals surface area (Å²) in [6.45, 7) is 4.40. The van der Waals surface area contributed by atoms with Crippen LogP contribution in [0, 0.1) is 0 Å². The molecule has 0 aliphatic carbocycles. The molecule has 0 bridgehead atoms. The summed E-state index contributed by atoms with van der Waals surface area (Å²) in [6.07, 6.45) is 0. The fraction of sp³-hybridized carbons (Fsp3) is 0.105. The van der Waals surface area contributed by atoms with Crippen LogP contribution in [-0.2, 0) is 9.47 Å². The number of esters is 2. The number of carbonyl (C=O) groups excluding carboxylic acids is 2. The molecule has 6 rings (SSSR count). The fourth-order valence-electron chi connectivity index (χ4n) is 4.95. The Kier molecular flexibility index (Phi) is 11.1. The summed E-state index contributed by atoms with van der Waals surface area (Å²) in [7, 11) is 0. The summed E-state index contributed by atoms with van der Waals surface area (Å²) in [5, 5.41) is 5.33. The zero-order valence-electron chi connectivity index (χ0n) is 25.2. The van der Waals surface area contributed by atoms with Crippen LogP contribution in [0.4, 0.5) is 0 Å². The molecule has 4 nitrogen and oxygen atoms in total. The van der Waals surface area contributed by atoms with Gasteiger partial charge in [0, 0.05) is 0 Å². The zero-order chi connectivity index (χ0) is 31.9. The second-order valence-corrected chi connectivity index (χ2v) is 20.9. The van der Waals surface area contributed by atoms with E-state index in [2.05, 4.69) is 97.1 Å². The van der Waals surface area contributed by atoms with Crippen molar-refractivity contribution in [2.45, 2.75) is 13.8 Å². The van der Waals surface area contributed by atoms with E-state index in [1.54, 1.807) is 0 Å². The number of hydrogen-bond donors (Lipinski definition) is 0. The van der Waals surface area contributed by atoms with E-state index in [1.807, 2.05) is 38.1 Å². The summed E-state index contributed by atoms with van der Waals surface area (Å²) < 4.78 is 18.4. The first-order valence-corrected chi connectivity index (χ1v) is 24.3. The summed E-state index contributed by atoms with van der Waals surface area (Å²) in [5.41, 5.74) is 1.19. The van der Waals surface area contributed by atoms with E-state index >= 15 is 0 Å². The van der Waals surface area contributed by atoms with Crippen LogP contribution in [0.5, 0.6) is 0 Å². The Morgan fingerprint density at radius 3 is 1.17 bits per heavy atom. The summed E-state index contributed by atoms with van der Waals surface area (Å²) >= 11 is 0.762. The number of rotatable bonds is 11. The molecule has 0 aromatic heterocycles. The van der Waals surface area contributed by atoms with Crippen LogP contribution in [0.1, 0.15) is 34.6 Å². The molecule has 0 heterocycles. The average molecular weight is 866 g/mol. The molecule has 0 saturated carbocycles. The molecule has 8 heteroatoms. The van der Waals surface area contributed by atoms with Gasteiger partial charge in [0.2, 0.25) is 0 Å². The molecular formula is C38H30O4Se4. The van der Waals surface area contributed by atoms with Gasteiger partial charge in [-0.05, 0) is 0 Å². The van der Waals surface area contributed by atoms with Crippen molar-refractivity contribution in [3.8, 4) is 0 Å². The van der Waals surface area contributed by atoms with Gasteiger partial charge in [0.05, 0.1) is 0 Å². The molecule has 0 aliphatic heterocycles. The third-order valence-corrected chi connectivity index (χ3v) is 18.7. The minimum atomic E-state index is -0.274. The second-order valence-electron chi connectivity index (χ2n) is 10.1. The molecule has 0 saturated heterocycles. The van der Waals surface area contributed by atoms with Gasteiger partial charge in [0.1, 0.15) is 0 Å². The van der Waals surface area contributed by atoms with E-state index in [1.165, 1.54) is 48.3 Å². The molecular weight excluding hydrogens is 836 g/mol. The van der Waals surface area contributed by atoms with Gasteiger partial charge in [-0.1, -0.05) is 0 Å². The Labute approximate surface area is 292 Å². The van der Waals surface area contributed by atoms with Crippen LogP contribution in [0.25, 0.3) is 21.5 Å². The third-order valence-electron chi connectivity index (χ3n) is 7.06. The molecule has 0 N–H and O–H groups in total. The first-order chi connectivity index (χ1) is 22.5. The van der Waals surface area contributed by atoms with E-state index < -0.39 is 0 Å². The van der Waals surface area contributed by atoms with Crippen molar-refractivity contribution < 1.29 is 19.1 Å². The van der Waals surface area contributed by atoms with Gasteiger partial charge >= 0.3 is 295 Å². The van der Waals surface area contributed by atoms with Gasteiger partial charge in [0.15, 0.2) is 0 Å². The molecule has 0 atom stereocenters. The molecule has 0 aliphatic rings. The average Bonchev–Trinajstić information content (AvgIpc) is 3.08. The van der Waals surface area contributed by atoms with E-state index in [0.29, 0.717) is 24.3 Å². The van der Waals surface area contributed by atoms with Crippen LogP contribution in [0.3, 0.4) is 0 Å². The van der Waals surface area contributed by atoms with Crippen LogP contribution in [-0.4, -0.2) is 81.3 Å². The number of fused-ring (bicyclic) bond motifs is 2. The molecule has 0 amide bonds. The molecule has 6 aromatic rings. The number of benzene rings is 6.